The van der Waals surface area contributed by atoms with Gasteiger partial charge in [-0.15, -0.1) is 11.3 Å². The highest BCUT2D eigenvalue weighted by Crippen LogP contribution is 2.24. The molecule has 0 fully saturated rings. The van der Waals surface area contributed by atoms with Crippen molar-refractivity contribution in [1.82, 2.24) is 4.57 Å². The molecule has 3 nitrogen and oxygen atoms in total. The van der Waals surface area contributed by atoms with Gasteiger partial charge in [-0.2, -0.15) is 0 Å². The molecule has 2 aromatic carbocycles. The van der Waals surface area contributed by atoms with Gasteiger partial charge in [0.2, 0.25) is 0 Å². The summed E-state index contributed by atoms with van der Waals surface area (Å²) >= 11 is 1.43. The molecule has 4 heteroatoms. The largest absolute Gasteiger partial charge is 0.497 e. The van der Waals surface area contributed by atoms with E-state index in [0.717, 1.165) is 22.7 Å². The minimum atomic E-state index is 0.508. The average Bonchev–Trinajstić information content (AvgIpc) is 2.90. The van der Waals surface area contributed by atoms with Crippen LogP contribution in [0.3, 0.4) is 0 Å². The van der Waals surface area contributed by atoms with Gasteiger partial charge in [0.15, 0.2) is 4.80 Å². The summed E-state index contributed by atoms with van der Waals surface area (Å²) in [6.07, 6.45) is 0. The van der Waals surface area contributed by atoms with Crippen LogP contribution in [0.4, 0.5) is 0 Å². The summed E-state index contributed by atoms with van der Waals surface area (Å²) < 4.78 is 7.12. The molecule has 0 unspecified atom stereocenters. The molecule has 3 rings (SSSR count). The zero-order valence-electron chi connectivity index (χ0n) is 11.0. The summed E-state index contributed by atoms with van der Waals surface area (Å²) in [6.45, 7) is 0. The van der Waals surface area contributed by atoms with E-state index in [0.29, 0.717) is 4.80 Å². The number of aromatic nitrogens is 1. The molecule has 0 aliphatic heterocycles. The highest BCUT2D eigenvalue weighted by Gasteiger charge is 2.08. The molecule has 0 atom stereocenters. The molecule has 0 radical (unpaired) electrons. The molecular weight excluding hydrogens is 268 g/mol. The second-order valence-corrected chi connectivity index (χ2v) is 5.18. The van der Waals surface area contributed by atoms with Crippen LogP contribution in [0.15, 0.2) is 60.0 Å². The van der Waals surface area contributed by atoms with Gasteiger partial charge in [0.05, 0.1) is 12.8 Å². The minimum Gasteiger partial charge on any atom is -0.497 e. The minimum absolute atomic E-state index is 0.508. The maximum atomic E-state index is 8.13. The Kier molecular flexibility index (Phi) is 3.39. The third-order valence-electron chi connectivity index (χ3n) is 3.13. The van der Waals surface area contributed by atoms with E-state index in [9.17, 15) is 0 Å². The van der Waals surface area contributed by atoms with Crippen molar-refractivity contribution in [3.8, 4) is 22.7 Å². The van der Waals surface area contributed by atoms with Crippen LogP contribution in [0.2, 0.25) is 0 Å². The zero-order valence-corrected chi connectivity index (χ0v) is 11.9. The number of hydrogen-bond donors (Lipinski definition) is 1. The Morgan fingerprint density at radius 3 is 2.35 bits per heavy atom. The summed E-state index contributed by atoms with van der Waals surface area (Å²) in [6, 6.07) is 17.9. The molecule has 0 aliphatic carbocycles. The topological polar surface area (TPSA) is 38.0 Å². The standard InChI is InChI=1S/C16H14N2OS/c1-19-14-9-7-13(8-10-14)18-15(11-20-16(18)17)12-5-3-2-4-6-12/h2-11,17H,1H3. The lowest BCUT2D eigenvalue weighted by molar-refractivity contribution is 0.414. The van der Waals surface area contributed by atoms with Crippen molar-refractivity contribution >= 4 is 11.3 Å². The van der Waals surface area contributed by atoms with Crippen LogP contribution >= 0.6 is 11.3 Å². The fourth-order valence-corrected chi connectivity index (χ4v) is 2.89. The van der Waals surface area contributed by atoms with E-state index >= 15 is 0 Å². The zero-order chi connectivity index (χ0) is 13.9. The fraction of sp³-hybridized carbons (Fsp3) is 0.0625. The summed E-state index contributed by atoms with van der Waals surface area (Å²) in [4.78, 5) is 0.508. The Bertz CT molecular complexity index is 757. The molecule has 1 heterocycles. The lowest BCUT2D eigenvalue weighted by atomic mass is 10.1. The lowest BCUT2D eigenvalue weighted by Gasteiger charge is -2.09. The van der Waals surface area contributed by atoms with E-state index in [-0.39, 0.29) is 0 Å². The third-order valence-corrected chi connectivity index (χ3v) is 3.87. The van der Waals surface area contributed by atoms with Gasteiger partial charge in [-0.05, 0) is 29.8 Å². The number of nitrogens with one attached hydrogen (secondary N) is 1. The number of hydrogen-bond acceptors (Lipinski definition) is 3. The number of methoxy groups -OCH3 is 1. The maximum Gasteiger partial charge on any atom is 0.187 e. The average molecular weight is 282 g/mol. The SMILES string of the molecule is COc1ccc(-n2c(-c3ccccc3)csc2=N)cc1. The molecule has 0 amide bonds. The number of ether oxygens (including phenoxy) is 1. The maximum absolute atomic E-state index is 8.13. The molecule has 20 heavy (non-hydrogen) atoms. The van der Waals surface area contributed by atoms with E-state index in [1.165, 1.54) is 11.3 Å². The van der Waals surface area contributed by atoms with Crippen molar-refractivity contribution in [2.45, 2.75) is 0 Å². The molecular formula is C16H14N2OS. The first-order valence-corrected chi connectivity index (χ1v) is 7.12. The number of nitrogens with zero attached hydrogens (tertiary/aromatic N) is 1. The van der Waals surface area contributed by atoms with Crippen LogP contribution in [0.25, 0.3) is 16.9 Å². The second-order valence-electron chi connectivity index (χ2n) is 4.33. The van der Waals surface area contributed by atoms with E-state index in [1.807, 2.05) is 52.4 Å². The van der Waals surface area contributed by atoms with Crippen LogP contribution in [-0.2, 0) is 0 Å². The van der Waals surface area contributed by atoms with E-state index in [1.54, 1.807) is 7.11 Å². The van der Waals surface area contributed by atoms with Crippen molar-refractivity contribution in [1.29, 1.82) is 5.41 Å². The van der Waals surface area contributed by atoms with Crippen LogP contribution in [0.5, 0.6) is 5.75 Å². The van der Waals surface area contributed by atoms with Crippen LogP contribution in [0, 0.1) is 5.41 Å². The molecule has 0 bridgehead atoms. The second kappa shape index (κ2) is 5.35. The summed E-state index contributed by atoms with van der Waals surface area (Å²) in [5.41, 5.74) is 3.11. The van der Waals surface area contributed by atoms with Crippen molar-refractivity contribution in [2.24, 2.45) is 0 Å². The summed E-state index contributed by atoms with van der Waals surface area (Å²) in [7, 11) is 1.65. The summed E-state index contributed by atoms with van der Waals surface area (Å²) in [5.74, 6) is 0.817. The first-order valence-electron chi connectivity index (χ1n) is 6.24. The molecule has 100 valence electrons. The van der Waals surface area contributed by atoms with Gasteiger partial charge >= 0.3 is 0 Å². The monoisotopic (exact) mass is 282 g/mol. The number of rotatable bonds is 3. The number of benzene rings is 2. The normalized spacial score (nSPS) is 10.4. The van der Waals surface area contributed by atoms with Crippen LogP contribution in [0.1, 0.15) is 0 Å². The van der Waals surface area contributed by atoms with Gasteiger partial charge < -0.3 is 4.74 Å². The summed E-state index contributed by atoms with van der Waals surface area (Å²) in [5, 5.41) is 10.1. The molecule has 0 saturated carbocycles. The fourth-order valence-electron chi connectivity index (χ4n) is 2.12. The van der Waals surface area contributed by atoms with Gasteiger partial charge in [0, 0.05) is 11.1 Å². The van der Waals surface area contributed by atoms with Gasteiger partial charge in [-0.3, -0.25) is 9.98 Å². The quantitative estimate of drug-likeness (QED) is 0.781. The van der Waals surface area contributed by atoms with Crippen molar-refractivity contribution in [3.63, 3.8) is 0 Å². The smallest absolute Gasteiger partial charge is 0.187 e. The van der Waals surface area contributed by atoms with Gasteiger partial charge in [-0.1, -0.05) is 30.3 Å². The molecule has 0 aliphatic rings. The van der Waals surface area contributed by atoms with Gasteiger partial charge in [-0.25, -0.2) is 0 Å². The Labute approximate surface area is 121 Å². The first kappa shape index (κ1) is 12.7. The predicted molar refractivity (Wildman–Crippen MR) is 81.5 cm³/mol. The highest BCUT2D eigenvalue weighted by atomic mass is 32.1. The molecule has 1 aromatic heterocycles. The molecule has 1 N–H and O–H groups in total. The third kappa shape index (κ3) is 2.26. The highest BCUT2D eigenvalue weighted by molar-refractivity contribution is 7.07. The molecule has 0 saturated heterocycles. The van der Waals surface area contributed by atoms with Crippen molar-refractivity contribution in [2.75, 3.05) is 7.11 Å². The van der Waals surface area contributed by atoms with E-state index in [4.69, 9.17) is 10.1 Å². The van der Waals surface area contributed by atoms with Crippen molar-refractivity contribution < 1.29 is 4.74 Å². The lowest BCUT2D eigenvalue weighted by Crippen LogP contribution is -2.11. The van der Waals surface area contributed by atoms with Crippen LogP contribution in [-0.4, -0.2) is 11.7 Å². The van der Waals surface area contributed by atoms with Crippen molar-refractivity contribution in [3.05, 3.63) is 64.8 Å². The van der Waals surface area contributed by atoms with Gasteiger partial charge in [0.1, 0.15) is 5.75 Å². The van der Waals surface area contributed by atoms with Crippen LogP contribution < -0.4 is 9.54 Å². The Morgan fingerprint density at radius 1 is 1.00 bits per heavy atom. The molecule has 0 spiro atoms. The Balaban J connectivity index is 2.14. The Hall–Kier alpha value is -2.33. The number of thiazole rings is 1. The Morgan fingerprint density at radius 2 is 1.70 bits per heavy atom. The van der Waals surface area contributed by atoms with Gasteiger partial charge in [0.25, 0.3) is 0 Å². The first-order chi connectivity index (χ1) is 9.79. The predicted octanol–water partition coefficient (Wildman–Crippen LogP) is 3.69. The molecule has 3 aromatic rings. The van der Waals surface area contributed by atoms with E-state index in [2.05, 4.69) is 12.1 Å². The van der Waals surface area contributed by atoms with E-state index < -0.39 is 0 Å².